The fourth-order valence-electron chi connectivity index (χ4n) is 3.01. The van der Waals surface area contributed by atoms with Gasteiger partial charge in [-0.15, -0.1) is 0 Å². The number of piperidine rings is 1. The SMILES string of the molecule is Cc1cc(C(=O)N2CCC(N3C(=O)OCC3C)CC2)no1. The zero-order valence-electron chi connectivity index (χ0n) is 12.2. The molecule has 21 heavy (non-hydrogen) atoms. The van der Waals surface area contributed by atoms with Crippen LogP contribution >= 0.6 is 0 Å². The highest BCUT2D eigenvalue weighted by molar-refractivity contribution is 5.92. The molecule has 3 heterocycles. The van der Waals surface area contributed by atoms with E-state index in [0.29, 0.717) is 31.2 Å². The lowest BCUT2D eigenvalue weighted by molar-refractivity contribution is 0.0632. The summed E-state index contributed by atoms with van der Waals surface area (Å²) in [7, 11) is 0. The summed E-state index contributed by atoms with van der Waals surface area (Å²) in [6.07, 6.45) is 1.30. The first-order valence-electron chi connectivity index (χ1n) is 7.24. The summed E-state index contributed by atoms with van der Waals surface area (Å²) in [5, 5.41) is 3.76. The van der Waals surface area contributed by atoms with Gasteiger partial charge in [-0.05, 0) is 26.7 Å². The van der Waals surface area contributed by atoms with Crippen molar-refractivity contribution in [2.24, 2.45) is 0 Å². The van der Waals surface area contributed by atoms with E-state index in [1.54, 1.807) is 17.9 Å². The van der Waals surface area contributed by atoms with Crippen molar-refractivity contribution in [2.45, 2.75) is 38.8 Å². The van der Waals surface area contributed by atoms with Crippen LogP contribution in [0.2, 0.25) is 0 Å². The first-order chi connectivity index (χ1) is 10.1. The fraction of sp³-hybridized carbons (Fsp3) is 0.643. The van der Waals surface area contributed by atoms with E-state index in [2.05, 4.69) is 5.16 Å². The Morgan fingerprint density at radius 2 is 2.10 bits per heavy atom. The normalized spacial score (nSPS) is 23.5. The van der Waals surface area contributed by atoms with Gasteiger partial charge in [0.1, 0.15) is 12.4 Å². The monoisotopic (exact) mass is 293 g/mol. The molecule has 114 valence electrons. The van der Waals surface area contributed by atoms with Gasteiger partial charge < -0.3 is 14.2 Å². The van der Waals surface area contributed by atoms with Crippen molar-refractivity contribution in [3.8, 4) is 0 Å². The van der Waals surface area contributed by atoms with E-state index < -0.39 is 0 Å². The van der Waals surface area contributed by atoms with Crippen molar-refractivity contribution in [2.75, 3.05) is 19.7 Å². The minimum Gasteiger partial charge on any atom is -0.447 e. The number of hydrogen-bond donors (Lipinski definition) is 0. The minimum atomic E-state index is -0.237. The Morgan fingerprint density at radius 1 is 1.38 bits per heavy atom. The van der Waals surface area contributed by atoms with Crippen LogP contribution in [0.3, 0.4) is 0 Å². The molecule has 1 atom stereocenters. The third-order valence-electron chi connectivity index (χ3n) is 4.13. The molecule has 3 rings (SSSR count). The van der Waals surface area contributed by atoms with Crippen molar-refractivity contribution in [3.05, 3.63) is 17.5 Å². The van der Waals surface area contributed by atoms with Crippen LogP contribution in [0.1, 0.15) is 36.0 Å². The quantitative estimate of drug-likeness (QED) is 0.824. The molecule has 2 saturated heterocycles. The second kappa shape index (κ2) is 5.38. The van der Waals surface area contributed by atoms with Gasteiger partial charge in [0.05, 0.1) is 6.04 Å². The molecule has 2 amide bonds. The van der Waals surface area contributed by atoms with E-state index in [4.69, 9.17) is 9.26 Å². The average molecular weight is 293 g/mol. The van der Waals surface area contributed by atoms with E-state index in [9.17, 15) is 9.59 Å². The van der Waals surface area contributed by atoms with Gasteiger partial charge in [-0.3, -0.25) is 9.69 Å². The van der Waals surface area contributed by atoms with Gasteiger partial charge in [0.2, 0.25) is 0 Å². The van der Waals surface area contributed by atoms with Crippen molar-refractivity contribution in [1.82, 2.24) is 15.0 Å². The molecule has 0 bridgehead atoms. The average Bonchev–Trinajstić information content (AvgIpc) is 3.05. The summed E-state index contributed by atoms with van der Waals surface area (Å²) in [6.45, 7) is 5.44. The van der Waals surface area contributed by atoms with Gasteiger partial charge in [0, 0.05) is 25.2 Å². The molecule has 0 saturated carbocycles. The second-order valence-electron chi connectivity index (χ2n) is 5.68. The molecule has 0 N–H and O–H groups in total. The van der Waals surface area contributed by atoms with Gasteiger partial charge in [-0.2, -0.15) is 0 Å². The number of carbonyl (C=O) groups is 2. The number of amides is 2. The van der Waals surface area contributed by atoms with E-state index in [1.165, 1.54) is 0 Å². The Bertz CT molecular complexity index is 548. The van der Waals surface area contributed by atoms with Crippen LogP contribution < -0.4 is 0 Å². The van der Waals surface area contributed by atoms with Crippen LogP contribution in [-0.4, -0.2) is 58.7 Å². The van der Waals surface area contributed by atoms with Gasteiger partial charge in [0.25, 0.3) is 5.91 Å². The summed E-state index contributed by atoms with van der Waals surface area (Å²) >= 11 is 0. The van der Waals surface area contributed by atoms with Gasteiger partial charge >= 0.3 is 6.09 Å². The van der Waals surface area contributed by atoms with Gasteiger partial charge in [-0.1, -0.05) is 5.16 Å². The Kier molecular flexibility index (Phi) is 3.57. The highest BCUT2D eigenvalue weighted by Gasteiger charge is 2.37. The zero-order valence-corrected chi connectivity index (χ0v) is 12.2. The molecule has 7 heteroatoms. The predicted octanol–water partition coefficient (Wildman–Crippen LogP) is 1.43. The van der Waals surface area contributed by atoms with E-state index in [0.717, 1.165) is 12.8 Å². The summed E-state index contributed by atoms with van der Waals surface area (Å²) < 4.78 is 10.0. The molecule has 7 nitrogen and oxygen atoms in total. The number of aryl methyl sites for hydroxylation is 1. The Morgan fingerprint density at radius 3 is 2.62 bits per heavy atom. The van der Waals surface area contributed by atoms with Gasteiger partial charge in [-0.25, -0.2) is 4.79 Å². The number of hydrogen-bond acceptors (Lipinski definition) is 5. The minimum absolute atomic E-state index is 0.109. The highest BCUT2D eigenvalue weighted by atomic mass is 16.6. The van der Waals surface area contributed by atoms with Crippen molar-refractivity contribution in [1.29, 1.82) is 0 Å². The van der Waals surface area contributed by atoms with E-state index in [-0.39, 0.29) is 24.1 Å². The molecular weight excluding hydrogens is 274 g/mol. The maximum absolute atomic E-state index is 12.3. The van der Waals surface area contributed by atoms with Crippen LogP contribution in [0.15, 0.2) is 10.6 Å². The fourth-order valence-corrected chi connectivity index (χ4v) is 3.01. The Labute approximate surface area is 122 Å². The van der Waals surface area contributed by atoms with Crippen molar-refractivity contribution < 1.29 is 18.8 Å². The van der Waals surface area contributed by atoms with Crippen molar-refractivity contribution in [3.63, 3.8) is 0 Å². The molecule has 0 aliphatic carbocycles. The highest BCUT2D eigenvalue weighted by Crippen LogP contribution is 2.24. The Hall–Kier alpha value is -2.05. The molecule has 1 unspecified atom stereocenters. The number of carbonyl (C=O) groups excluding carboxylic acids is 2. The van der Waals surface area contributed by atoms with Crippen molar-refractivity contribution >= 4 is 12.0 Å². The lowest BCUT2D eigenvalue weighted by Gasteiger charge is -2.36. The standard InChI is InChI=1S/C14H19N3O4/c1-9-8-20-14(19)17(9)11-3-5-16(6-4-11)13(18)12-7-10(2)21-15-12/h7,9,11H,3-6,8H2,1-2H3. The molecule has 0 radical (unpaired) electrons. The zero-order chi connectivity index (χ0) is 15.0. The number of likely N-dealkylation sites (tertiary alicyclic amines) is 1. The molecule has 2 fully saturated rings. The maximum Gasteiger partial charge on any atom is 0.410 e. The van der Waals surface area contributed by atoms with Crippen LogP contribution in [0.4, 0.5) is 4.79 Å². The van der Waals surface area contributed by atoms with E-state index in [1.807, 2.05) is 11.8 Å². The number of rotatable bonds is 2. The molecule has 2 aliphatic rings. The van der Waals surface area contributed by atoms with E-state index >= 15 is 0 Å². The molecule has 1 aromatic heterocycles. The lowest BCUT2D eigenvalue weighted by Crippen LogP contribution is -2.49. The number of cyclic esters (lactones) is 1. The smallest absolute Gasteiger partial charge is 0.410 e. The molecule has 0 aromatic carbocycles. The topological polar surface area (TPSA) is 75.9 Å². The molecular formula is C14H19N3O4. The number of ether oxygens (including phenoxy) is 1. The Balaban J connectivity index is 1.60. The molecule has 0 spiro atoms. The lowest BCUT2D eigenvalue weighted by atomic mass is 10.0. The summed E-state index contributed by atoms with van der Waals surface area (Å²) in [4.78, 5) is 27.6. The number of aromatic nitrogens is 1. The van der Waals surface area contributed by atoms with Crippen LogP contribution in [0, 0.1) is 6.92 Å². The maximum atomic E-state index is 12.3. The predicted molar refractivity (Wildman–Crippen MR) is 72.8 cm³/mol. The largest absolute Gasteiger partial charge is 0.447 e. The third kappa shape index (κ3) is 2.59. The number of nitrogens with zero attached hydrogens (tertiary/aromatic N) is 3. The molecule has 1 aromatic rings. The first kappa shape index (κ1) is 13.9. The summed E-state index contributed by atoms with van der Waals surface area (Å²) in [5.41, 5.74) is 0.347. The molecule has 2 aliphatic heterocycles. The summed E-state index contributed by atoms with van der Waals surface area (Å²) in [5.74, 6) is 0.518. The van der Waals surface area contributed by atoms with Crippen LogP contribution in [0.25, 0.3) is 0 Å². The summed E-state index contributed by atoms with van der Waals surface area (Å²) in [6, 6.07) is 1.91. The third-order valence-corrected chi connectivity index (χ3v) is 4.13. The second-order valence-corrected chi connectivity index (χ2v) is 5.68. The first-order valence-corrected chi connectivity index (χ1v) is 7.24. The van der Waals surface area contributed by atoms with Gasteiger partial charge in [0.15, 0.2) is 5.69 Å². The van der Waals surface area contributed by atoms with Crippen LogP contribution in [0.5, 0.6) is 0 Å². The van der Waals surface area contributed by atoms with Crippen LogP contribution in [-0.2, 0) is 4.74 Å².